The molecule has 9 heteroatoms. The average Bonchev–Trinajstić information content (AvgIpc) is 3.32. The third kappa shape index (κ3) is 3.74. The molecule has 3 N–H and O–H groups in total. The van der Waals surface area contributed by atoms with E-state index in [0.29, 0.717) is 17.9 Å². The van der Waals surface area contributed by atoms with Gasteiger partial charge in [-0.1, -0.05) is 6.07 Å². The number of aliphatic hydroxyl groups is 1. The van der Waals surface area contributed by atoms with E-state index >= 15 is 0 Å². The highest BCUT2D eigenvalue weighted by Gasteiger charge is 2.54. The molecule has 0 aromatic carbocycles. The summed E-state index contributed by atoms with van der Waals surface area (Å²) in [5, 5.41) is 24.6. The number of carbonyl (C=O) groups is 1. The minimum Gasteiger partial charge on any atom is -0.390 e. The van der Waals surface area contributed by atoms with Gasteiger partial charge in [0, 0.05) is 30.8 Å². The predicted octanol–water partition coefficient (Wildman–Crippen LogP) is 2.75. The van der Waals surface area contributed by atoms with Gasteiger partial charge in [-0.15, -0.1) is 0 Å². The first kappa shape index (κ1) is 22.0. The maximum atomic E-state index is 13.0. The van der Waals surface area contributed by atoms with E-state index in [1.54, 1.807) is 35.2 Å². The van der Waals surface area contributed by atoms with Crippen molar-refractivity contribution in [1.29, 1.82) is 0 Å². The van der Waals surface area contributed by atoms with Gasteiger partial charge in [0.25, 0.3) is 5.91 Å². The third-order valence-corrected chi connectivity index (χ3v) is 7.72. The van der Waals surface area contributed by atoms with Crippen LogP contribution in [0.2, 0.25) is 0 Å². The van der Waals surface area contributed by atoms with E-state index < -0.39 is 5.60 Å². The molecule has 1 amide bonds. The van der Waals surface area contributed by atoms with Gasteiger partial charge in [0.1, 0.15) is 0 Å². The first-order chi connectivity index (χ1) is 16.6. The Morgan fingerprint density at radius 3 is 2.77 bits per heavy atom. The highest BCUT2D eigenvalue weighted by molar-refractivity contribution is 6.00. The van der Waals surface area contributed by atoms with Crippen molar-refractivity contribution >= 4 is 16.9 Å². The second-order valence-electron chi connectivity index (χ2n) is 11.2. The van der Waals surface area contributed by atoms with Crippen LogP contribution in [0.15, 0.2) is 41.6 Å². The molecule has 0 aliphatic heterocycles. The highest BCUT2D eigenvalue weighted by Crippen LogP contribution is 2.62. The smallest absolute Gasteiger partial charge is 0.346 e. The molecule has 182 valence electrons. The van der Waals surface area contributed by atoms with E-state index in [4.69, 9.17) is 0 Å². The molecular formula is C26H30N6O3. The molecule has 0 unspecified atom stereocenters. The maximum Gasteiger partial charge on any atom is 0.346 e. The Hall–Kier alpha value is -3.46. The van der Waals surface area contributed by atoms with Crippen LogP contribution in [-0.2, 0) is 6.42 Å². The molecule has 2 fully saturated rings. The van der Waals surface area contributed by atoms with Crippen molar-refractivity contribution in [2.24, 2.45) is 5.41 Å². The summed E-state index contributed by atoms with van der Waals surface area (Å²) in [6.45, 7) is 5.56. The summed E-state index contributed by atoms with van der Waals surface area (Å²) >= 11 is 0. The number of amides is 1. The van der Waals surface area contributed by atoms with Crippen LogP contribution in [0.5, 0.6) is 0 Å². The molecule has 4 aromatic heterocycles. The number of fused-ring (bicyclic) bond motifs is 2. The SMILES string of the molecule is Cc1ccn2c(=O)[nH]nc(C3CC4(CC(NC(=O)c5cnn6cc(CC(C)(C)O)ccc56)C4)C3)c12. The van der Waals surface area contributed by atoms with Gasteiger partial charge < -0.3 is 10.4 Å². The van der Waals surface area contributed by atoms with Crippen LogP contribution in [0.1, 0.15) is 72.6 Å². The number of aryl methyl sites for hydroxylation is 1. The van der Waals surface area contributed by atoms with E-state index in [9.17, 15) is 14.7 Å². The number of H-pyrrole nitrogens is 1. The van der Waals surface area contributed by atoms with Crippen LogP contribution in [0.25, 0.3) is 11.0 Å². The summed E-state index contributed by atoms with van der Waals surface area (Å²) in [5.41, 5.74) is 4.50. The zero-order chi connectivity index (χ0) is 24.5. The van der Waals surface area contributed by atoms with Gasteiger partial charge in [-0.3, -0.25) is 9.20 Å². The number of nitrogens with one attached hydrogen (secondary N) is 2. The minimum atomic E-state index is -0.803. The van der Waals surface area contributed by atoms with Crippen LogP contribution < -0.4 is 11.0 Å². The first-order valence-corrected chi connectivity index (χ1v) is 12.2. The lowest BCUT2D eigenvalue weighted by Crippen LogP contribution is -2.55. The fraction of sp³-hybridized carbons (Fsp3) is 0.462. The van der Waals surface area contributed by atoms with Crippen LogP contribution >= 0.6 is 0 Å². The van der Waals surface area contributed by atoms with Crippen molar-refractivity contribution in [2.75, 3.05) is 0 Å². The molecule has 0 atom stereocenters. The van der Waals surface area contributed by atoms with Gasteiger partial charge in [0.15, 0.2) is 0 Å². The van der Waals surface area contributed by atoms with Crippen molar-refractivity contribution in [3.8, 4) is 0 Å². The van der Waals surface area contributed by atoms with Crippen molar-refractivity contribution in [3.05, 3.63) is 69.7 Å². The second kappa shape index (κ2) is 7.52. The number of aromatic nitrogens is 5. The van der Waals surface area contributed by atoms with Crippen molar-refractivity contribution in [1.82, 2.24) is 29.5 Å². The lowest BCUT2D eigenvalue weighted by molar-refractivity contribution is -0.0197. The van der Waals surface area contributed by atoms with E-state index in [2.05, 4.69) is 20.6 Å². The Labute approximate surface area is 202 Å². The molecule has 0 radical (unpaired) electrons. The molecule has 0 saturated heterocycles. The Balaban J connectivity index is 1.09. The second-order valence-corrected chi connectivity index (χ2v) is 11.2. The Morgan fingerprint density at radius 2 is 2.03 bits per heavy atom. The maximum absolute atomic E-state index is 13.0. The van der Waals surface area contributed by atoms with E-state index in [1.165, 1.54) is 0 Å². The average molecular weight is 475 g/mol. The highest BCUT2D eigenvalue weighted by atomic mass is 16.3. The number of rotatable bonds is 5. The summed E-state index contributed by atoms with van der Waals surface area (Å²) in [4.78, 5) is 25.0. The van der Waals surface area contributed by atoms with Gasteiger partial charge >= 0.3 is 5.69 Å². The summed E-state index contributed by atoms with van der Waals surface area (Å²) in [7, 11) is 0. The molecule has 6 rings (SSSR count). The van der Waals surface area contributed by atoms with Crippen LogP contribution in [0.4, 0.5) is 0 Å². The third-order valence-electron chi connectivity index (χ3n) is 7.72. The largest absolute Gasteiger partial charge is 0.390 e. The molecule has 9 nitrogen and oxygen atoms in total. The molecular weight excluding hydrogens is 444 g/mol. The summed E-state index contributed by atoms with van der Waals surface area (Å²) in [5.74, 6) is 0.232. The minimum absolute atomic E-state index is 0.0984. The molecule has 0 bridgehead atoms. The lowest BCUT2D eigenvalue weighted by Gasteiger charge is -2.57. The zero-order valence-corrected chi connectivity index (χ0v) is 20.2. The zero-order valence-electron chi connectivity index (χ0n) is 20.2. The van der Waals surface area contributed by atoms with Gasteiger partial charge in [-0.05, 0) is 75.1 Å². The first-order valence-electron chi connectivity index (χ1n) is 12.2. The van der Waals surface area contributed by atoms with Gasteiger partial charge in [0.2, 0.25) is 0 Å². The quantitative estimate of drug-likeness (QED) is 0.411. The van der Waals surface area contributed by atoms with E-state index in [-0.39, 0.29) is 23.1 Å². The number of hydrogen-bond donors (Lipinski definition) is 3. The number of pyridine rings is 1. The van der Waals surface area contributed by atoms with Crippen molar-refractivity contribution in [2.45, 2.75) is 70.4 Å². The molecule has 2 aliphatic carbocycles. The molecule has 4 aromatic rings. The van der Waals surface area contributed by atoms with E-state index in [1.807, 2.05) is 31.3 Å². The fourth-order valence-electron chi connectivity index (χ4n) is 6.19. The van der Waals surface area contributed by atoms with Gasteiger partial charge in [-0.25, -0.2) is 14.4 Å². The fourth-order valence-corrected chi connectivity index (χ4v) is 6.19. The molecule has 2 saturated carbocycles. The lowest BCUT2D eigenvalue weighted by atomic mass is 9.49. The summed E-state index contributed by atoms with van der Waals surface area (Å²) in [6.07, 6.45) is 9.77. The standard InChI is InChI=1S/C26H30N6O3/c1-15-6-7-31-22(15)21(29-30-24(31)34)17-9-26(10-17)11-18(12-26)28-23(33)19-13-27-32-14-16(4-5-20(19)32)8-25(2,3)35/h4-7,13-14,17-18,35H,8-12H2,1-3H3,(H,28,33)(H,30,34). The Kier molecular flexibility index (Phi) is 4.73. The monoisotopic (exact) mass is 474 g/mol. The van der Waals surface area contributed by atoms with Crippen molar-refractivity contribution < 1.29 is 9.90 Å². The molecule has 35 heavy (non-hydrogen) atoms. The number of aromatic amines is 1. The predicted molar refractivity (Wildman–Crippen MR) is 131 cm³/mol. The topological polar surface area (TPSA) is 117 Å². The summed E-state index contributed by atoms with van der Waals surface area (Å²) < 4.78 is 3.35. The number of carbonyl (C=O) groups excluding carboxylic acids is 1. The molecule has 2 aliphatic rings. The van der Waals surface area contributed by atoms with Gasteiger partial charge in [0.05, 0.1) is 34.1 Å². The Bertz CT molecular complexity index is 1510. The van der Waals surface area contributed by atoms with E-state index in [0.717, 1.165) is 53.5 Å². The van der Waals surface area contributed by atoms with Crippen LogP contribution in [0.3, 0.4) is 0 Å². The molecule has 4 heterocycles. The molecule has 1 spiro atoms. The van der Waals surface area contributed by atoms with Crippen LogP contribution in [0, 0.1) is 12.3 Å². The summed E-state index contributed by atoms with van der Waals surface area (Å²) in [6, 6.07) is 5.94. The number of nitrogens with zero attached hydrogens (tertiary/aromatic N) is 4. The van der Waals surface area contributed by atoms with Gasteiger partial charge in [-0.2, -0.15) is 10.2 Å². The normalized spacial score (nSPS) is 24.0. The van der Waals surface area contributed by atoms with Crippen molar-refractivity contribution in [3.63, 3.8) is 0 Å². The Morgan fingerprint density at radius 1 is 1.26 bits per heavy atom. The number of hydrogen-bond acceptors (Lipinski definition) is 5. The van der Waals surface area contributed by atoms with Crippen LogP contribution in [-0.4, -0.2) is 46.9 Å².